The fraction of sp³-hybridized carbons (Fsp3) is 0.600. The van der Waals surface area contributed by atoms with Gasteiger partial charge in [-0.05, 0) is 50.4 Å². The van der Waals surface area contributed by atoms with Gasteiger partial charge in [-0.1, -0.05) is 39.0 Å². The van der Waals surface area contributed by atoms with Crippen molar-refractivity contribution in [3.63, 3.8) is 0 Å². The van der Waals surface area contributed by atoms with Crippen LogP contribution in [0.2, 0.25) is 0 Å². The summed E-state index contributed by atoms with van der Waals surface area (Å²) in [6.45, 7) is 3.01. The highest BCUT2D eigenvalue weighted by molar-refractivity contribution is 9.11. The summed E-state index contributed by atoms with van der Waals surface area (Å²) in [5.41, 5.74) is 0. The minimum Gasteiger partial charge on any atom is -0.496 e. The lowest BCUT2D eigenvalue weighted by molar-refractivity contribution is 0.301. The Labute approximate surface area is 133 Å². The lowest BCUT2D eigenvalue weighted by Crippen LogP contribution is -1.98. The van der Waals surface area contributed by atoms with Crippen LogP contribution in [0.5, 0.6) is 11.5 Å². The van der Waals surface area contributed by atoms with Gasteiger partial charge in [-0.3, -0.25) is 0 Å². The first-order chi connectivity index (χ1) is 9.19. The second-order valence-corrected chi connectivity index (χ2v) is 6.24. The first-order valence-corrected chi connectivity index (χ1v) is 8.43. The van der Waals surface area contributed by atoms with Crippen molar-refractivity contribution in [2.75, 3.05) is 13.7 Å². The van der Waals surface area contributed by atoms with E-state index in [0.29, 0.717) is 0 Å². The van der Waals surface area contributed by atoms with Gasteiger partial charge in [0.05, 0.1) is 22.7 Å². The van der Waals surface area contributed by atoms with E-state index in [0.717, 1.165) is 33.5 Å². The smallest absolute Gasteiger partial charge is 0.134 e. The molecule has 0 N–H and O–H groups in total. The molecule has 1 aromatic rings. The van der Waals surface area contributed by atoms with Crippen LogP contribution in [0.4, 0.5) is 0 Å². The normalized spacial score (nSPS) is 10.5. The maximum absolute atomic E-state index is 5.79. The third kappa shape index (κ3) is 6.17. The SMILES string of the molecule is CCCCCCCCOc1cc(Br)c(OC)cc1Br. The van der Waals surface area contributed by atoms with Crippen LogP contribution in [-0.2, 0) is 0 Å². The number of rotatable bonds is 9. The monoisotopic (exact) mass is 392 g/mol. The van der Waals surface area contributed by atoms with Crippen molar-refractivity contribution >= 4 is 31.9 Å². The first-order valence-electron chi connectivity index (χ1n) is 6.84. The molecule has 2 nitrogen and oxygen atoms in total. The lowest BCUT2D eigenvalue weighted by Gasteiger charge is -2.11. The van der Waals surface area contributed by atoms with Crippen molar-refractivity contribution in [1.29, 1.82) is 0 Å². The van der Waals surface area contributed by atoms with Gasteiger partial charge in [0, 0.05) is 0 Å². The third-order valence-corrected chi connectivity index (χ3v) is 4.20. The summed E-state index contributed by atoms with van der Waals surface area (Å²) in [4.78, 5) is 0. The molecule has 0 atom stereocenters. The van der Waals surface area contributed by atoms with E-state index in [1.807, 2.05) is 12.1 Å². The molecule has 0 saturated heterocycles. The Balaban J connectivity index is 2.31. The number of methoxy groups -OCH3 is 1. The fourth-order valence-corrected chi connectivity index (χ4v) is 2.76. The van der Waals surface area contributed by atoms with Crippen molar-refractivity contribution in [2.24, 2.45) is 0 Å². The Morgan fingerprint density at radius 3 is 2.16 bits per heavy atom. The molecule has 4 heteroatoms. The molecular formula is C15H22Br2O2. The van der Waals surface area contributed by atoms with Crippen LogP contribution in [0.1, 0.15) is 45.4 Å². The molecule has 0 heterocycles. The van der Waals surface area contributed by atoms with Gasteiger partial charge >= 0.3 is 0 Å². The van der Waals surface area contributed by atoms with Crippen LogP contribution in [0, 0.1) is 0 Å². The van der Waals surface area contributed by atoms with E-state index in [2.05, 4.69) is 38.8 Å². The fourth-order valence-electron chi connectivity index (χ4n) is 1.84. The Morgan fingerprint density at radius 1 is 0.895 bits per heavy atom. The van der Waals surface area contributed by atoms with Crippen LogP contribution < -0.4 is 9.47 Å². The van der Waals surface area contributed by atoms with Crippen molar-refractivity contribution in [2.45, 2.75) is 45.4 Å². The third-order valence-electron chi connectivity index (χ3n) is 2.96. The van der Waals surface area contributed by atoms with Crippen LogP contribution in [-0.4, -0.2) is 13.7 Å². The minimum atomic E-state index is 0.767. The zero-order chi connectivity index (χ0) is 14.1. The predicted molar refractivity (Wildman–Crippen MR) is 87.3 cm³/mol. The second kappa shape index (κ2) is 9.65. The molecular weight excluding hydrogens is 372 g/mol. The minimum absolute atomic E-state index is 0.767. The van der Waals surface area contributed by atoms with Gasteiger partial charge in [0.1, 0.15) is 11.5 Å². The molecule has 19 heavy (non-hydrogen) atoms. The first kappa shape index (κ1) is 16.8. The molecule has 0 bridgehead atoms. The summed E-state index contributed by atoms with van der Waals surface area (Å²) in [5, 5.41) is 0. The summed E-state index contributed by atoms with van der Waals surface area (Å²) in [6, 6.07) is 3.86. The zero-order valence-electron chi connectivity index (χ0n) is 11.7. The van der Waals surface area contributed by atoms with Crippen LogP contribution in [0.25, 0.3) is 0 Å². The molecule has 1 aromatic carbocycles. The standard InChI is InChI=1S/C15H22Br2O2/c1-3-4-5-6-7-8-9-19-15-11-12(16)14(18-2)10-13(15)17/h10-11H,3-9H2,1-2H3. The highest BCUT2D eigenvalue weighted by atomic mass is 79.9. The molecule has 0 radical (unpaired) electrons. The lowest BCUT2D eigenvalue weighted by atomic mass is 10.1. The highest BCUT2D eigenvalue weighted by Crippen LogP contribution is 2.36. The Kier molecular flexibility index (Phi) is 8.55. The molecule has 0 saturated carbocycles. The molecule has 0 aliphatic carbocycles. The summed E-state index contributed by atoms with van der Waals surface area (Å²) in [6.07, 6.45) is 7.65. The molecule has 108 valence electrons. The van der Waals surface area contributed by atoms with E-state index < -0.39 is 0 Å². The predicted octanol–water partition coefficient (Wildman–Crippen LogP) is 5.96. The number of halogens is 2. The highest BCUT2D eigenvalue weighted by Gasteiger charge is 2.07. The van der Waals surface area contributed by atoms with E-state index in [9.17, 15) is 0 Å². The van der Waals surface area contributed by atoms with Crippen LogP contribution >= 0.6 is 31.9 Å². The van der Waals surface area contributed by atoms with Gasteiger partial charge < -0.3 is 9.47 Å². The average Bonchev–Trinajstić information content (AvgIpc) is 2.41. The van der Waals surface area contributed by atoms with Crippen molar-refractivity contribution < 1.29 is 9.47 Å². The van der Waals surface area contributed by atoms with Crippen LogP contribution in [0.15, 0.2) is 21.1 Å². The summed E-state index contributed by atoms with van der Waals surface area (Å²) in [7, 11) is 1.66. The Hall–Kier alpha value is -0.220. The largest absolute Gasteiger partial charge is 0.496 e. The second-order valence-electron chi connectivity index (χ2n) is 4.53. The summed E-state index contributed by atoms with van der Waals surface area (Å²) in [5.74, 6) is 1.67. The molecule has 1 rings (SSSR count). The average molecular weight is 394 g/mol. The topological polar surface area (TPSA) is 18.5 Å². The quantitative estimate of drug-likeness (QED) is 0.482. The van der Waals surface area contributed by atoms with E-state index in [1.165, 1.54) is 32.1 Å². The van der Waals surface area contributed by atoms with E-state index in [1.54, 1.807) is 7.11 Å². The number of unbranched alkanes of at least 4 members (excludes halogenated alkanes) is 5. The number of hydrogen-bond donors (Lipinski definition) is 0. The Morgan fingerprint density at radius 2 is 1.47 bits per heavy atom. The van der Waals surface area contributed by atoms with Crippen molar-refractivity contribution in [3.8, 4) is 11.5 Å². The molecule has 0 unspecified atom stereocenters. The van der Waals surface area contributed by atoms with Gasteiger partial charge in [-0.25, -0.2) is 0 Å². The summed E-state index contributed by atoms with van der Waals surface area (Å²) < 4.78 is 12.9. The van der Waals surface area contributed by atoms with Crippen molar-refractivity contribution in [3.05, 3.63) is 21.1 Å². The van der Waals surface area contributed by atoms with Gasteiger partial charge in [-0.15, -0.1) is 0 Å². The van der Waals surface area contributed by atoms with E-state index in [-0.39, 0.29) is 0 Å². The van der Waals surface area contributed by atoms with Crippen LogP contribution in [0.3, 0.4) is 0 Å². The maximum Gasteiger partial charge on any atom is 0.134 e. The summed E-state index contributed by atoms with van der Waals surface area (Å²) >= 11 is 6.97. The van der Waals surface area contributed by atoms with Gasteiger partial charge in [0.2, 0.25) is 0 Å². The Bertz CT molecular complexity index is 381. The van der Waals surface area contributed by atoms with Gasteiger partial charge in [-0.2, -0.15) is 0 Å². The number of benzene rings is 1. The van der Waals surface area contributed by atoms with E-state index >= 15 is 0 Å². The number of ether oxygens (including phenoxy) is 2. The van der Waals surface area contributed by atoms with Gasteiger partial charge in [0.15, 0.2) is 0 Å². The van der Waals surface area contributed by atoms with Gasteiger partial charge in [0.25, 0.3) is 0 Å². The molecule has 0 aliphatic rings. The molecule has 0 amide bonds. The maximum atomic E-state index is 5.79. The molecule has 0 aromatic heterocycles. The zero-order valence-corrected chi connectivity index (χ0v) is 14.8. The van der Waals surface area contributed by atoms with E-state index in [4.69, 9.17) is 9.47 Å². The van der Waals surface area contributed by atoms with Crippen molar-refractivity contribution in [1.82, 2.24) is 0 Å². The molecule has 0 spiro atoms. The molecule has 0 fully saturated rings. The number of hydrogen-bond acceptors (Lipinski definition) is 2. The molecule has 0 aliphatic heterocycles.